The molecule has 1 aromatic carbocycles. The summed E-state index contributed by atoms with van der Waals surface area (Å²) in [5.74, 6) is 0.924. The van der Waals surface area contributed by atoms with Crippen LogP contribution in [0.5, 0.6) is 5.75 Å². The number of methoxy groups -OCH3 is 1. The van der Waals surface area contributed by atoms with E-state index >= 15 is 0 Å². The zero-order valence-electron chi connectivity index (χ0n) is 11.3. The van der Waals surface area contributed by atoms with Crippen molar-refractivity contribution < 1.29 is 9.84 Å². The summed E-state index contributed by atoms with van der Waals surface area (Å²) >= 11 is 0. The minimum Gasteiger partial charge on any atom is -0.496 e. The van der Waals surface area contributed by atoms with Gasteiger partial charge in [0.1, 0.15) is 5.75 Å². The Bertz CT molecular complexity index is 397. The van der Waals surface area contributed by atoms with Crippen LogP contribution in [0.3, 0.4) is 0 Å². The van der Waals surface area contributed by atoms with Crippen LogP contribution in [0.15, 0.2) is 18.2 Å². The normalized spacial score (nSPS) is 17.9. The van der Waals surface area contributed by atoms with Gasteiger partial charge < -0.3 is 15.2 Å². The summed E-state index contributed by atoms with van der Waals surface area (Å²) in [6.07, 6.45) is 4.17. The fraction of sp³-hybridized carbons (Fsp3) is 0.600. The topological polar surface area (TPSA) is 41.5 Å². The Hall–Kier alpha value is -1.06. The van der Waals surface area contributed by atoms with Gasteiger partial charge >= 0.3 is 0 Å². The molecule has 0 saturated heterocycles. The molecule has 1 aromatic rings. The van der Waals surface area contributed by atoms with Crippen LogP contribution < -0.4 is 10.1 Å². The third-order valence-electron chi connectivity index (χ3n) is 3.78. The lowest BCUT2D eigenvalue weighted by atomic mass is 10.0. The lowest BCUT2D eigenvalue weighted by Crippen LogP contribution is -2.37. The van der Waals surface area contributed by atoms with Gasteiger partial charge in [0.05, 0.1) is 12.7 Å². The zero-order valence-corrected chi connectivity index (χ0v) is 11.3. The standard InChI is InChI=1S/C15H23NO2/c1-12-9-13(5-6-14(12)18-2)10-16-11-15(17)7-3-4-8-15/h5-6,9,16-17H,3-4,7-8,10-11H2,1-2H3. The maximum absolute atomic E-state index is 10.2. The van der Waals surface area contributed by atoms with Gasteiger partial charge in [0.2, 0.25) is 0 Å². The number of hydrogen-bond acceptors (Lipinski definition) is 3. The van der Waals surface area contributed by atoms with Gasteiger partial charge in [-0.25, -0.2) is 0 Å². The van der Waals surface area contributed by atoms with E-state index < -0.39 is 5.60 Å². The van der Waals surface area contributed by atoms with Crippen molar-refractivity contribution in [2.24, 2.45) is 0 Å². The largest absolute Gasteiger partial charge is 0.496 e. The molecule has 18 heavy (non-hydrogen) atoms. The summed E-state index contributed by atoms with van der Waals surface area (Å²) in [5.41, 5.74) is 1.91. The van der Waals surface area contributed by atoms with Gasteiger partial charge in [-0.05, 0) is 37.0 Å². The highest BCUT2D eigenvalue weighted by Gasteiger charge is 2.30. The summed E-state index contributed by atoms with van der Waals surface area (Å²) in [7, 11) is 1.69. The van der Waals surface area contributed by atoms with Crippen LogP contribution in [0.2, 0.25) is 0 Å². The summed E-state index contributed by atoms with van der Waals surface area (Å²) < 4.78 is 5.24. The summed E-state index contributed by atoms with van der Waals surface area (Å²) in [6.45, 7) is 3.54. The molecule has 2 N–H and O–H groups in total. The molecular formula is C15H23NO2. The van der Waals surface area contributed by atoms with Crippen LogP contribution in [0, 0.1) is 6.92 Å². The molecule has 1 fully saturated rings. The van der Waals surface area contributed by atoms with Crippen LogP contribution in [0.4, 0.5) is 0 Å². The Morgan fingerprint density at radius 3 is 2.67 bits per heavy atom. The van der Waals surface area contributed by atoms with Gasteiger partial charge in [-0.3, -0.25) is 0 Å². The van der Waals surface area contributed by atoms with E-state index in [-0.39, 0.29) is 0 Å². The van der Waals surface area contributed by atoms with Crippen LogP contribution in [-0.4, -0.2) is 24.4 Å². The minimum atomic E-state index is -0.471. The average Bonchev–Trinajstić information content (AvgIpc) is 2.77. The lowest BCUT2D eigenvalue weighted by Gasteiger charge is -2.22. The molecule has 1 saturated carbocycles. The van der Waals surface area contributed by atoms with Crippen molar-refractivity contribution in [3.63, 3.8) is 0 Å². The second-order valence-corrected chi connectivity index (χ2v) is 5.34. The number of hydrogen-bond donors (Lipinski definition) is 2. The highest BCUT2D eigenvalue weighted by molar-refractivity contribution is 5.36. The van der Waals surface area contributed by atoms with Gasteiger partial charge in [-0.2, -0.15) is 0 Å². The van der Waals surface area contributed by atoms with Crippen LogP contribution >= 0.6 is 0 Å². The first kappa shape index (κ1) is 13.4. The van der Waals surface area contributed by atoms with E-state index in [0.717, 1.165) is 43.5 Å². The predicted molar refractivity (Wildman–Crippen MR) is 72.9 cm³/mol. The number of aryl methyl sites for hydroxylation is 1. The molecule has 0 aliphatic heterocycles. The number of benzene rings is 1. The smallest absolute Gasteiger partial charge is 0.121 e. The second kappa shape index (κ2) is 5.72. The van der Waals surface area contributed by atoms with Crippen molar-refractivity contribution in [1.82, 2.24) is 5.32 Å². The first-order chi connectivity index (χ1) is 8.63. The SMILES string of the molecule is COc1ccc(CNCC2(O)CCCC2)cc1C. The third kappa shape index (κ3) is 3.24. The molecule has 0 bridgehead atoms. The molecule has 100 valence electrons. The molecule has 0 heterocycles. The molecule has 0 atom stereocenters. The number of rotatable bonds is 5. The predicted octanol–water partition coefficient (Wildman–Crippen LogP) is 2.40. The van der Waals surface area contributed by atoms with E-state index in [9.17, 15) is 5.11 Å². The molecular weight excluding hydrogens is 226 g/mol. The number of ether oxygens (including phenoxy) is 1. The summed E-state index contributed by atoms with van der Waals surface area (Å²) in [6, 6.07) is 6.19. The first-order valence-electron chi connectivity index (χ1n) is 6.70. The van der Waals surface area contributed by atoms with E-state index in [2.05, 4.69) is 17.4 Å². The van der Waals surface area contributed by atoms with E-state index in [1.54, 1.807) is 7.11 Å². The van der Waals surface area contributed by atoms with E-state index in [0.29, 0.717) is 6.54 Å². The molecule has 0 amide bonds. The maximum atomic E-state index is 10.2. The van der Waals surface area contributed by atoms with Crippen LogP contribution in [-0.2, 0) is 6.54 Å². The van der Waals surface area contributed by atoms with Crippen molar-refractivity contribution in [2.45, 2.75) is 44.8 Å². The molecule has 2 rings (SSSR count). The van der Waals surface area contributed by atoms with E-state index in [1.807, 2.05) is 13.0 Å². The summed E-state index contributed by atoms with van der Waals surface area (Å²) in [5, 5.41) is 13.6. The molecule has 3 nitrogen and oxygen atoms in total. The van der Waals surface area contributed by atoms with Crippen LogP contribution in [0.1, 0.15) is 36.8 Å². The Morgan fingerprint density at radius 1 is 1.33 bits per heavy atom. The van der Waals surface area contributed by atoms with Gasteiger partial charge in [0.25, 0.3) is 0 Å². The number of aliphatic hydroxyl groups is 1. The highest BCUT2D eigenvalue weighted by atomic mass is 16.5. The van der Waals surface area contributed by atoms with Crippen molar-refractivity contribution in [3.05, 3.63) is 29.3 Å². The highest BCUT2D eigenvalue weighted by Crippen LogP contribution is 2.28. The third-order valence-corrected chi connectivity index (χ3v) is 3.78. The van der Waals surface area contributed by atoms with Crippen molar-refractivity contribution >= 4 is 0 Å². The van der Waals surface area contributed by atoms with E-state index in [4.69, 9.17) is 4.74 Å². The average molecular weight is 249 g/mol. The van der Waals surface area contributed by atoms with Crippen LogP contribution in [0.25, 0.3) is 0 Å². The quantitative estimate of drug-likeness (QED) is 0.842. The Balaban J connectivity index is 1.85. The Kier molecular flexibility index (Phi) is 4.25. The second-order valence-electron chi connectivity index (χ2n) is 5.34. The van der Waals surface area contributed by atoms with Crippen molar-refractivity contribution in [2.75, 3.05) is 13.7 Å². The Morgan fingerprint density at radius 2 is 2.06 bits per heavy atom. The van der Waals surface area contributed by atoms with Gasteiger partial charge in [-0.15, -0.1) is 0 Å². The first-order valence-corrected chi connectivity index (χ1v) is 6.70. The van der Waals surface area contributed by atoms with Crippen molar-refractivity contribution in [1.29, 1.82) is 0 Å². The fourth-order valence-electron chi connectivity index (χ4n) is 2.70. The maximum Gasteiger partial charge on any atom is 0.121 e. The fourth-order valence-corrected chi connectivity index (χ4v) is 2.70. The summed E-state index contributed by atoms with van der Waals surface area (Å²) in [4.78, 5) is 0. The Labute approximate surface area is 109 Å². The van der Waals surface area contributed by atoms with E-state index in [1.165, 1.54) is 5.56 Å². The molecule has 1 aliphatic carbocycles. The molecule has 0 spiro atoms. The number of nitrogens with one attached hydrogen (secondary N) is 1. The van der Waals surface area contributed by atoms with Crippen molar-refractivity contribution in [3.8, 4) is 5.75 Å². The molecule has 1 aliphatic rings. The molecule has 3 heteroatoms. The van der Waals surface area contributed by atoms with Gasteiger partial charge in [0, 0.05) is 13.1 Å². The molecule has 0 unspecified atom stereocenters. The monoisotopic (exact) mass is 249 g/mol. The molecule has 0 radical (unpaired) electrons. The lowest BCUT2D eigenvalue weighted by molar-refractivity contribution is 0.0475. The van der Waals surface area contributed by atoms with Gasteiger partial charge in [-0.1, -0.05) is 25.0 Å². The zero-order chi connectivity index (χ0) is 13.0. The molecule has 0 aromatic heterocycles. The minimum absolute atomic E-state index is 0.471. The van der Waals surface area contributed by atoms with Gasteiger partial charge in [0.15, 0.2) is 0 Å².